The summed E-state index contributed by atoms with van der Waals surface area (Å²) in [5.74, 6) is -0.767. The van der Waals surface area contributed by atoms with Gasteiger partial charge in [0, 0.05) is 35.9 Å². The van der Waals surface area contributed by atoms with Crippen molar-refractivity contribution in [1.82, 2.24) is 15.3 Å². The molecule has 0 unspecified atom stereocenters. The number of hydrogen-bond acceptors (Lipinski definition) is 5. The first kappa shape index (κ1) is 23.4. The first-order valence-electron chi connectivity index (χ1n) is 10.0. The van der Waals surface area contributed by atoms with Crippen LogP contribution in [-0.2, 0) is 19.3 Å². The number of alkyl halides is 3. The Balaban J connectivity index is 1.37. The van der Waals surface area contributed by atoms with E-state index in [1.54, 1.807) is 23.8 Å². The molecule has 0 aliphatic rings. The lowest BCUT2D eigenvalue weighted by Gasteiger charge is -2.10. The molecule has 0 aliphatic carbocycles. The van der Waals surface area contributed by atoms with Crippen molar-refractivity contribution in [3.63, 3.8) is 0 Å². The standard InChI is InChI=1S/C24H17F4N3O2S/c25-20-10-18(33-13-15-3-5-17(6-4-15)24(26,27)28)7-8-19(20)23-31-21(14-34-23)22(32)30-12-16-2-1-9-29-11-16/h1-11,14H,12-13H2,(H,30,32). The van der Waals surface area contributed by atoms with Crippen molar-refractivity contribution in [2.75, 3.05) is 0 Å². The molecule has 0 saturated carbocycles. The SMILES string of the molecule is O=C(NCc1cccnc1)c1csc(-c2ccc(OCc3ccc(C(F)(F)F)cc3)cc2F)n1. The molecular formula is C24H17F4N3O2S. The molecule has 2 heterocycles. The lowest BCUT2D eigenvalue weighted by atomic mass is 10.1. The van der Waals surface area contributed by atoms with Gasteiger partial charge in [0.25, 0.3) is 5.91 Å². The minimum atomic E-state index is -4.41. The van der Waals surface area contributed by atoms with E-state index in [1.807, 2.05) is 6.07 Å². The Morgan fingerprint density at radius 1 is 1.06 bits per heavy atom. The smallest absolute Gasteiger partial charge is 0.416 e. The quantitative estimate of drug-likeness (QED) is 0.331. The zero-order valence-corrected chi connectivity index (χ0v) is 18.3. The predicted octanol–water partition coefficient (Wildman–Crippen LogP) is 5.87. The maximum atomic E-state index is 14.7. The molecule has 1 N–H and O–H groups in total. The molecule has 34 heavy (non-hydrogen) atoms. The summed E-state index contributed by atoms with van der Waals surface area (Å²) >= 11 is 1.13. The van der Waals surface area contributed by atoms with E-state index in [2.05, 4.69) is 15.3 Å². The topological polar surface area (TPSA) is 64.1 Å². The van der Waals surface area contributed by atoms with E-state index in [9.17, 15) is 22.4 Å². The fourth-order valence-corrected chi connectivity index (χ4v) is 3.82. The molecule has 2 aromatic carbocycles. The minimum absolute atomic E-state index is 0.0184. The number of halogens is 4. The number of carbonyl (C=O) groups excluding carboxylic acids is 1. The maximum absolute atomic E-state index is 14.7. The van der Waals surface area contributed by atoms with Crippen molar-refractivity contribution in [1.29, 1.82) is 0 Å². The van der Waals surface area contributed by atoms with Gasteiger partial charge >= 0.3 is 6.18 Å². The number of amides is 1. The van der Waals surface area contributed by atoms with Crippen LogP contribution in [0, 0.1) is 5.82 Å². The number of aromatic nitrogens is 2. The number of rotatable bonds is 7. The van der Waals surface area contributed by atoms with Crippen LogP contribution in [0.3, 0.4) is 0 Å². The van der Waals surface area contributed by atoms with E-state index in [4.69, 9.17) is 4.74 Å². The Bertz CT molecular complexity index is 1280. The normalized spacial score (nSPS) is 11.3. The number of ether oxygens (including phenoxy) is 1. The third kappa shape index (κ3) is 5.76. The number of nitrogens with one attached hydrogen (secondary N) is 1. The fraction of sp³-hybridized carbons (Fsp3) is 0.125. The third-order valence-corrected chi connectivity index (χ3v) is 5.65. The van der Waals surface area contributed by atoms with Gasteiger partial charge in [-0.25, -0.2) is 9.37 Å². The highest BCUT2D eigenvalue weighted by atomic mass is 32.1. The molecule has 1 amide bonds. The van der Waals surface area contributed by atoms with Crippen LogP contribution in [0.15, 0.2) is 72.4 Å². The molecule has 4 aromatic rings. The molecule has 2 aromatic heterocycles. The lowest BCUT2D eigenvalue weighted by molar-refractivity contribution is -0.137. The Labute approximate surface area is 196 Å². The number of benzene rings is 2. The summed E-state index contributed by atoms with van der Waals surface area (Å²) in [4.78, 5) is 20.5. The predicted molar refractivity (Wildman–Crippen MR) is 119 cm³/mol. The molecule has 0 aliphatic heterocycles. The van der Waals surface area contributed by atoms with Gasteiger partial charge in [0.05, 0.1) is 5.56 Å². The number of carbonyl (C=O) groups is 1. The second-order valence-corrected chi connectivity index (χ2v) is 8.06. The van der Waals surface area contributed by atoms with E-state index in [-0.39, 0.29) is 29.5 Å². The van der Waals surface area contributed by atoms with Crippen molar-refractivity contribution in [2.24, 2.45) is 0 Å². The van der Waals surface area contributed by atoms with Crippen LogP contribution in [-0.4, -0.2) is 15.9 Å². The molecular weight excluding hydrogens is 470 g/mol. The summed E-state index contributed by atoms with van der Waals surface area (Å²) in [6.45, 7) is 0.272. The molecule has 0 bridgehead atoms. The van der Waals surface area contributed by atoms with Crippen molar-refractivity contribution >= 4 is 17.2 Å². The van der Waals surface area contributed by atoms with Gasteiger partial charge in [-0.1, -0.05) is 18.2 Å². The number of thiazole rings is 1. The molecule has 0 radical (unpaired) electrons. The Hall–Kier alpha value is -3.79. The number of hydrogen-bond donors (Lipinski definition) is 1. The monoisotopic (exact) mass is 487 g/mol. The van der Waals surface area contributed by atoms with E-state index in [0.29, 0.717) is 17.1 Å². The summed E-state index contributed by atoms with van der Waals surface area (Å²) in [5.41, 5.74) is 0.980. The molecule has 0 saturated heterocycles. The van der Waals surface area contributed by atoms with Gasteiger partial charge in [-0.2, -0.15) is 13.2 Å². The van der Waals surface area contributed by atoms with E-state index < -0.39 is 17.6 Å². The largest absolute Gasteiger partial charge is 0.489 e. The Morgan fingerprint density at radius 2 is 1.85 bits per heavy atom. The van der Waals surface area contributed by atoms with Gasteiger partial charge in [-0.05, 0) is 41.5 Å². The molecule has 0 atom stereocenters. The third-order valence-electron chi connectivity index (χ3n) is 4.77. The van der Waals surface area contributed by atoms with E-state index >= 15 is 0 Å². The highest BCUT2D eigenvalue weighted by Gasteiger charge is 2.29. The van der Waals surface area contributed by atoms with Crippen LogP contribution < -0.4 is 10.1 Å². The summed E-state index contributed by atoms with van der Waals surface area (Å²) in [6, 6.07) is 12.3. The van der Waals surface area contributed by atoms with Crippen molar-refractivity contribution in [3.8, 4) is 16.3 Å². The van der Waals surface area contributed by atoms with Gasteiger partial charge < -0.3 is 10.1 Å². The second kappa shape index (κ2) is 10.0. The van der Waals surface area contributed by atoms with Crippen LogP contribution >= 0.6 is 11.3 Å². The van der Waals surface area contributed by atoms with Crippen LogP contribution in [0.1, 0.15) is 27.2 Å². The summed E-state index contributed by atoms with van der Waals surface area (Å²) in [7, 11) is 0. The lowest BCUT2D eigenvalue weighted by Crippen LogP contribution is -2.23. The van der Waals surface area contributed by atoms with Crippen LogP contribution in [0.25, 0.3) is 10.6 Å². The minimum Gasteiger partial charge on any atom is -0.489 e. The average molecular weight is 487 g/mol. The number of nitrogens with zero attached hydrogens (tertiary/aromatic N) is 2. The van der Waals surface area contributed by atoms with Gasteiger partial charge in [0.2, 0.25) is 0 Å². The van der Waals surface area contributed by atoms with Crippen LogP contribution in [0.4, 0.5) is 17.6 Å². The summed E-state index contributed by atoms with van der Waals surface area (Å²) in [5, 5.41) is 4.61. The first-order chi connectivity index (χ1) is 16.3. The van der Waals surface area contributed by atoms with Gasteiger partial charge in [0.15, 0.2) is 0 Å². The van der Waals surface area contributed by atoms with E-state index in [1.165, 1.54) is 30.3 Å². The molecule has 174 valence electrons. The summed E-state index contributed by atoms with van der Waals surface area (Å²) < 4.78 is 58.1. The maximum Gasteiger partial charge on any atom is 0.416 e. The van der Waals surface area contributed by atoms with Crippen molar-refractivity contribution in [3.05, 3.63) is 101 Å². The van der Waals surface area contributed by atoms with Gasteiger partial charge in [0.1, 0.15) is 28.9 Å². The van der Waals surface area contributed by atoms with Crippen molar-refractivity contribution < 1.29 is 27.1 Å². The molecule has 5 nitrogen and oxygen atoms in total. The second-order valence-electron chi connectivity index (χ2n) is 7.21. The van der Waals surface area contributed by atoms with Gasteiger partial charge in [-0.15, -0.1) is 11.3 Å². The van der Waals surface area contributed by atoms with E-state index in [0.717, 1.165) is 29.0 Å². The van der Waals surface area contributed by atoms with Gasteiger partial charge in [-0.3, -0.25) is 9.78 Å². The molecule has 4 rings (SSSR count). The highest BCUT2D eigenvalue weighted by Crippen LogP contribution is 2.31. The Kier molecular flexibility index (Phi) is 6.87. The van der Waals surface area contributed by atoms with Crippen LogP contribution in [0.5, 0.6) is 5.75 Å². The van der Waals surface area contributed by atoms with Crippen LogP contribution in [0.2, 0.25) is 0 Å². The fourth-order valence-electron chi connectivity index (χ4n) is 2.99. The highest BCUT2D eigenvalue weighted by molar-refractivity contribution is 7.13. The number of pyridine rings is 1. The zero-order chi connectivity index (χ0) is 24.1. The Morgan fingerprint density at radius 3 is 2.53 bits per heavy atom. The first-order valence-corrected chi connectivity index (χ1v) is 10.9. The molecule has 10 heteroatoms. The van der Waals surface area contributed by atoms with Crippen molar-refractivity contribution in [2.45, 2.75) is 19.3 Å². The average Bonchev–Trinajstić information content (AvgIpc) is 3.32. The molecule has 0 spiro atoms. The summed E-state index contributed by atoms with van der Waals surface area (Å²) in [6.07, 6.45) is -1.13. The molecule has 0 fully saturated rings. The zero-order valence-electron chi connectivity index (χ0n) is 17.5.